The molecule has 1 aliphatic heterocycles. The molecule has 4 aromatic rings. The summed E-state index contributed by atoms with van der Waals surface area (Å²) in [4.78, 5) is 4.67. The molecule has 6 heteroatoms. The molecule has 0 saturated carbocycles. The van der Waals surface area contributed by atoms with Crippen LogP contribution in [0, 0.1) is 0 Å². The summed E-state index contributed by atoms with van der Waals surface area (Å²) in [7, 11) is 0. The van der Waals surface area contributed by atoms with Crippen molar-refractivity contribution in [1.29, 1.82) is 0 Å². The van der Waals surface area contributed by atoms with Gasteiger partial charge in [0.25, 0.3) is 0 Å². The standard InChI is InChI=1S/C22H19N5O/c28-22-4-2-1-3-17(22)20-13-21-19(25-26-20)9-12-27(21)16-5-6-18(24-14-16)15-7-10-23-11-8-15/h1-7,9,12-14,23,28H,8,10-11H2. The smallest absolute Gasteiger partial charge is 0.125 e. The Morgan fingerprint density at radius 2 is 1.93 bits per heavy atom. The molecule has 0 saturated heterocycles. The van der Waals surface area contributed by atoms with Gasteiger partial charge in [0.05, 0.1) is 28.8 Å². The molecule has 2 N–H and O–H groups in total. The van der Waals surface area contributed by atoms with Crippen molar-refractivity contribution in [3.05, 3.63) is 72.7 Å². The molecule has 3 aromatic heterocycles. The zero-order valence-electron chi connectivity index (χ0n) is 15.2. The molecule has 28 heavy (non-hydrogen) atoms. The predicted molar refractivity (Wildman–Crippen MR) is 109 cm³/mol. The summed E-state index contributed by atoms with van der Waals surface area (Å²) in [5, 5.41) is 22.0. The summed E-state index contributed by atoms with van der Waals surface area (Å²) in [6.45, 7) is 1.89. The highest BCUT2D eigenvalue weighted by Crippen LogP contribution is 2.29. The van der Waals surface area contributed by atoms with E-state index >= 15 is 0 Å². The summed E-state index contributed by atoms with van der Waals surface area (Å²) in [6, 6.07) is 15.2. The first-order valence-corrected chi connectivity index (χ1v) is 9.29. The zero-order chi connectivity index (χ0) is 18.9. The van der Waals surface area contributed by atoms with Crippen molar-refractivity contribution in [2.24, 2.45) is 0 Å². The summed E-state index contributed by atoms with van der Waals surface area (Å²) < 4.78 is 2.04. The van der Waals surface area contributed by atoms with Crippen LogP contribution in [0.3, 0.4) is 0 Å². The van der Waals surface area contributed by atoms with Gasteiger partial charge < -0.3 is 15.0 Å². The van der Waals surface area contributed by atoms with E-state index in [0.29, 0.717) is 11.3 Å². The number of pyridine rings is 1. The van der Waals surface area contributed by atoms with Gasteiger partial charge in [-0.15, -0.1) is 10.2 Å². The molecule has 1 aliphatic rings. The quantitative estimate of drug-likeness (QED) is 0.577. The lowest BCUT2D eigenvalue weighted by Crippen LogP contribution is -2.20. The lowest BCUT2D eigenvalue weighted by molar-refractivity contribution is 0.477. The van der Waals surface area contributed by atoms with Crippen LogP contribution in [-0.2, 0) is 0 Å². The van der Waals surface area contributed by atoms with Crippen LogP contribution in [0.25, 0.3) is 33.6 Å². The van der Waals surface area contributed by atoms with Gasteiger partial charge in [0.15, 0.2) is 0 Å². The van der Waals surface area contributed by atoms with E-state index in [0.717, 1.165) is 41.9 Å². The van der Waals surface area contributed by atoms with Gasteiger partial charge in [-0.05, 0) is 54.9 Å². The summed E-state index contributed by atoms with van der Waals surface area (Å²) in [5.74, 6) is 0.190. The number of benzene rings is 1. The second kappa shape index (κ2) is 6.90. The number of phenols is 1. The third kappa shape index (κ3) is 2.93. The van der Waals surface area contributed by atoms with Crippen molar-refractivity contribution in [2.45, 2.75) is 6.42 Å². The van der Waals surface area contributed by atoms with Crippen molar-refractivity contribution in [1.82, 2.24) is 25.1 Å². The van der Waals surface area contributed by atoms with Crippen molar-refractivity contribution in [3.8, 4) is 22.7 Å². The maximum absolute atomic E-state index is 10.1. The fraction of sp³-hybridized carbons (Fsp3) is 0.136. The number of aromatic hydroxyl groups is 1. The normalized spacial score (nSPS) is 14.2. The molecule has 6 nitrogen and oxygen atoms in total. The molecule has 0 atom stereocenters. The van der Waals surface area contributed by atoms with Crippen LogP contribution in [0.15, 0.2) is 67.0 Å². The number of aromatic nitrogens is 4. The van der Waals surface area contributed by atoms with Gasteiger partial charge in [-0.3, -0.25) is 4.98 Å². The van der Waals surface area contributed by atoms with Gasteiger partial charge in [0.2, 0.25) is 0 Å². The molecule has 0 spiro atoms. The van der Waals surface area contributed by atoms with E-state index in [1.807, 2.05) is 41.2 Å². The Hall–Kier alpha value is -3.51. The van der Waals surface area contributed by atoms with Crippen molar-refractivity contribution < 1.29 is 5.11 Å². The van der Waals surface area contributed by atoms with Crippen LogP contribution in [0.4, 0.5) is 0 Å². The van der Waals surface area contributed by atoms with Gasteiger partial charge in [0.1, 0.15) is 11.3 Å². The largest absolute Gasteiger partial charge is 0.507 e. The summed E-state index contributed by atoms with van der Waals surface area (Å²) in [6.07, 6.45) is 7.05. The molecule has 0 unspecified atom stereocenters. The Morgan fingerprint density at radius 1 is 1.00 bits per heavy atom. The van der Waals surface area contributed by atoms with Crippen LogP contribution in [-0.4, -0.2) is 37.9 Å². The van der Waals surface area contributed by atoms with Gasteiger partial charge in [0, 0.05) is 18.3 Å². The SMILES string of the molecule is Oc1ccccc1-c1cc2c(ccn2-c2ccc(C3=CCNCC3)nc2)nn1. The van der Waals surface area contributed by atoms with Crippen molar-refractivity contribution in [2.75, 3.05) is 13.1 Å². The molecule has 1 aromatic carbocycles. The van der Waals surface area contributed by atoms with Crippen molar-refractivity contribution in [3.63, 3.8) is 0 Å². The maximum Gasteiger partial charge on any atom is 0.125 e. The number of nitrogens with zero attached hydrogens (tertiary/aromatic N) is 4. The molecule has 0 radical (unpaired) electrons. The fourth-order valence-corrected chi connectivity index (χ4v) is 3.55. The molecular formula is C22H19N5O. The number of nitrogens with one attached hydrogen (secondary N) is 1. The van der Waals surface area contributed by atoms with E-state index in [4.69, 9.17) is 0 Å². The van der Waals surface area contributed by atoms with E-state index in [-0.39, 0.29) is 5.75 Å². The second-order valence-electron chi connectivity index (χ2n) is 6.79. The highest BCUT2D eigenvalue weighted by Gasteiger charge is 2.12. The molecule has 5 rings (SSSR count). The van der Waals surface area contributed by atoms with Crippen LogP contribution in [0.2, 0.25) is 0 Å². The van der Waals surface area contributed by atoms with E-state index in [9.17, 15) is 5.11 Å². The van der Waals surface area contributed by atoms with Crippen LogP contribution in [0.5, 0.6) is 5.75 Å². The highest BCUT2D eigenvalue weighted by atomic mass is 16.3. The number of hydrogen-bond donors (Lipinski definition) is 2. The van der Waals surface area contributed by atoms with E-state index in [2.05, 4.69) is 38.7 Å². The third-order valence-electron chi connectivity index (χ3n) is 5.04. The summed E-state index contributed by atoms with van der Waals surface area (Å²) >= 11 is 0. The Bertz CT molecular complexity index is 1180. The Morgan fingerprint density at radius 3 is 2.71 bits per heavy atom. The van der Waals surface area contributed by atoms with Crippen LogP contribution in [0.1, 0.15) is 12.1 Å². The Kier molecular flexibility index (Phi) is 4.10. The Labute approximate surface area is 162 Å². The van der Waals surface area contributed by atoms with E-state index in [1.165, 1.54) is 5.57 Å². The van der Waals surface area contributed by atoms with E-state index in [1.54, 1.807) is 12.1 Å². The highest BCUT2D eigenvalue weighted by molar-refractivity contribution is 5.82. The van der Waals surface area contributed by atoms with Crippen molar-refractivity contribution >= 4 is 16.6 Å². The second-order valence-corrected chi connectivity index (χ2v) is 6.79. The first kappa shape index (κ1) is 16.6. The molecule has 0 bridgehead atoms. The minimum Gasteiger partial charge on any atom is -0.507 e. The van der Waals surface area contributed by atoms with Crippen LogP contribution < -0.4 is 5.32 Å². The molecule has 4 heterocycles. The van der Waals surface area contributed by atoms with Gasteiger partial charge >= 0.3 is 0 Å². The first-order valence-electron chi connectivity index (χ1n) is 9.29. The topological polar surface area (TPSA) is 75.9 Å². The fourth-order valence-electron chi connectivity index (χ4n) is 3.55. The average Bonchev–Trinajstić information content (AvgIpc) is 3.18. The minimum absolute atomic E-state index is 0.190. The average molecular weight is 369 g/mol. The number of phenolic OH excluding ortho intramolecular Hbond substituents is 1. The maximum atomic E-state index is 10.1. The lowest BCUT2D eigenvalue weighted by atomic mass is 10.1. The Balaban J connectivity index is 1.55. The zero-order valence-corrected chi connectivity index (χ0v) is 15.2. The number of rotatable bonds is 3. The minimum atomic E-state index is 0.190. The predicted octanol–water partition coefficient (Wildman–Crippen LogP) is 3.56. The number of fused-ring (bicyclic) bond motifs is 1. The van der Waals surface area contributed by atoms with Gasteiger partial charge in [-0.2, -0.15) is 0 Å². The first-order chi connectivity index (χ1) is 13.8. The molecule has 0 aliphatic carbocycles. The summed E-state index contributed by atoms with van der Waals surface area (Å²) in [5.41, 5.74) is 6.29. The monoisotopic (exact) mass is 369 g/mol. The number of hydrogen-bond acceptors (Lipinski definition) is 5. The van der Waals surface area contributed by atoms with Gasteiger partial charge in [-0.25, -0.2) is 0 Å². The van der Waals surface area contributed by atoms with E-state index < -0.39 is 0 Å². The number of para-hydroxylation sites is 1. The van der Waals surface area contributed by atoms with Gasteiger partial charge in [-0.1, -0.05) is 18.2 Å². The third-order valence-corrected chi connectivity index (χ3v) is 5.04. The molecule has 0 fully saturated rings. The molecular weight excluding hydrogens is 350 g/mol. The molecule has 138 valence electrons. The van der Waals surface area contributed by atoms with Crippen LogP contribution >= 0.6 is 0 Å². The molecule has 0 amide bonds. The lowest BCUT2D eigenvalue weighted by Gasteiger charge is -2.14.